The molecule has 3 nitrogen and oxygen atoms in total. The van der Waals surface area contributed by atoms with Gasteiger partial charge in [0.2, 0.25) is 5.91 Å². The van der Waals surface area contributed by atoms with Gasteiger partial charge in [0.05, 0.1) is 0 Å². The molecule has 29 heavy (non-hydrogen) atoms. The monoisotopic (exact) mass is 424 g/mol. The molecule has 4 rings (SSSR count). The SMILES string of the molecule is CC(C)C(=O)Nc1cccc(C2CCN(Cc3ccc(-c4cccs4)s3)CC2)c1. The van der Waals surface area contributed by atoms with Crippen molar-refractivity contribution in [1.29, 1.82) is 0 Å². The number of rotatable bonds is 6. The molecule has 0 spiro atoms. The van der Waals surface area contributed by atoms with Gasteiger partial charge >= 0.3 is 0 Å². The average Bonchev–Trinajstić information content (AvgIpc) is 3.40. The fourth-order valence-corrected chi connectivity index (χ4v) is 5.70. The van der Waals surface area contributed by atoms with E-state index in [-0.39, 0.29) is 11.8 Å². The van der Waals surface area contributed by atoms with Crippen LogP contribution in [-0.2, 0) is 11.3 Å². The number of amides is 1. The van der Waals surface area contributed by atoms with Gasteiger partial charge in [-0.3, -0.25) is 9.69 Å². The maximum Gasteiger partial charge on any atom is 0.226 e. The summed E-state index contributed by atoms with van der Waals surface area (Å²) in [5.41, 5.74) is 2.27. The van der Waals surface area contributed by atoms with Crippen molar-refractivity contribution < 1.29 is 4.79 Å². The third kappa shape index (κ3) is 5.16. The van der Waals surface area contributed by atoms with Crippen LogP contribution >= 0.6 is 22.7 Å². The highest BCUT2D eigenvalue weighted by atomic mass is 32.1. The van der Waals surface area contributed by atoms with Crippen molar-refractivity contribution in [3.63, 3.8) is 0 Å². The molecule has 2 aromatic heterocycles. The Balaban J connectivity index is 1.32. The number of nitrogens with one attached hydrogen (secondary N) is 1. The minimum absolute atomic E-state index is 0.000483. The fraction of sp³-hybridized carbons (Fsp3) is 0.375. The van der Waals surface area contributed by atoms with Crippen molar-refractivity contribution in [2.75, 3.05) is 18.4 Å². The first-order valence-corrected chi connectivity index (χ1v) is 12.0. The lowest BCUT2D eigenvalue weighted by atomic mass is 9.89. The zero-order valence-corrected chi connectivity index (χ0v) is 18.7. The number of carbonyl (C=O) groups is 1. The summed E-state index contributed by atoms with van der Waals surface area (Å²) in [6, 6.07) is 17.3. The van der Waals surface area contributed by atoms with Gasteiger partial charge in [-0.05, 0) is 73.1 Å². The van der Waals surface area contributed by atoms with Crippen LogP contribution in [0.15, 0.2) is 53.9 Å². The summed E-state index contributed by atoms with van der Waals surface area (Å²) < 4.78 is 0. The molecule has 0 saturated carbocycles. The molecule has 0 radical (unpaired) electrons. The molecule has 1 amide bonds. The Morgan fingerprint density at radius 2 is 1.93 bits per heavy atom. The Bertz CT molecular complexity index is 937. The molecule has 0 bridgehead atoms. The summed E-state index contributed by atoms with van der Waals surface area (Å²) in [5.74, 6) is 0.654. The highest BCUT2D eigenvalue weighted by Crippen LogP contribution is 2.34. The Labute approximate surface area is 181 Å². The van der Waals surface area contributed by atoms with E-state index in [0.29, 0.717) is 5.92 Å². The zero-order chi connectivity index (χ0) is 20.2. The maximum atomic E-state index is 12.0. The lowest BCUT2D eigenvalue weighted by Gasteiger charge is -2.32. The molecule has 0 aliphatic carbocycles. The predicted octanol–water partition coefficient (Wildman–Crippen LogP) is 6.45. The lowest BCUT2D eigenvalue weighted by molar-refractivity contribution is -0.118. The summed E-state index contributed by atoms with van der Waals surface area (Å²) in [5, 5.41) is 5.17. The fourth-order valence-electron chi connectivity index (χ4n) is 3.82. The molecule has 152 valence electrons. The molecular formula is C24H28N2OS2. The highest BCUT2D eigenvalue weighted by Gasteiger charge is 2.21. The molecule has 1 saturated heterocycles. The van der Waals surface area contributed by atoms with Gasteiger partial charge in [-0.15, -0.1) is 22.7 Å². The number of hydrogen-bond donors (Lipinski definition) is 1. The molecule has 1 N–H and O–H groups in total. The van der Waals surface area contributed by atoms with Gasteiger partial charge in [-0.2, -0.15) is 0 Å². The summed E-state index contributed by atoms with van der Waals surface area (Å²) in [6.45, 7) is 7.14. The van der Waals surface area contributed by atoms with Gasteiger partial charge in [0.1, 0.15) is 0 Å². The van der Waals surface area contributed by atoms with Crippen molar-refractivity contribution in [2.45, 2.75) is 39.2 Å². The quantitative estimate of drug-likeness (QED) is 0.493. The van der Waals surface area contributed by atoms with Crippen LogP contribution in [0.4, 0.5) is 5.69 Å². The molecule has 3 aromatic rings. The first-order valence-electron chi connectivity index (χ1n) is 10.3. The Morgan fingerprint density at radius 1 is 1.10 bits per heavy atom. The molecule has 5 heteroatoms. The first kappa shape index (κ1) is 20.3. The van der Waals surface area contributed by atoms with Crippen LogP contribution in [0.1, 0.15) is 43.0 Å². The topological polar surface area (TPSA) is 32.3 Å². The summed E-state index contributed by atoms with van der Waals surface area (Å²) in [7, 11) is 0. The number of likely N-dealkylation sites (tertiary alicyclic amines) is 1. The van der Waals surface area contributed by atoms with E-state index in [9.17, 15) is 4.79 Å². The van der Waals surface area contributed by atoms with Crippen molar-refractivity contribution in [1.82, 2.24) is 4.90 Å². The van der Waals surface area contributed by atoms with Crippen molar-refractivity contribution >= 4 is 34.3 Å². The van der Waals surface area contributed by atoms with E-state index in [4.69, 9.17) is 0 Å². The first-order chi connectivity index (χ1) is 14.1. The smallest absolute Gasteiger partial charge is 0.226 e. The molecular weight excluding hydrogens is 396 g/mol. The number of piperidine rings is 1. The summed E-state index contributed by atoms with van der Waals surface area (Å²) >= 11 is 3.73. The normalized spacial score (nSPS) is 15.7. The third-order valence-electron chi connectivity index (χ3n) is 5.54. The maximum absolute atomic E-state index is 12.0. The Morgan fingerprint density at radius 3 is 2.66 bits per heavy atom. The largest absolute Gasteiger partial charge is 0.326 e. The van der Waals surface area contributed by atoms with E-state index in [1.54, 1.807) is 0 Å². The second-order valence-electron chi connectivity index (χ2n) is 8.06. The standard InChI is InChI=1S/C24H28N2OS2/c1-17(2)24(27)25-20-6-3-5-19(15-20)18-10-12-26(13-11-18)16-21-8-9-23(29-21)22-7-4-14-28-22/h3-9,14-15,17-18H,10-13,16H2,1-2H3,(H,25,27). The summed E-state index contributed by atoms with van der Waals surface area (Å²) in [4.78, 5) is 18.7. The molecule has 0 unspecified atom stereocenters. The predicted molar refractivity (Wildman–Crippen MR) is 125 cm³/mol. The molecule has 1 aliphatic heterocycles. The van der Waals surface area contributed by atoms with Gasteiger partial charge in [0, 0.05) is 32.8 Å². The van der Waals surface area contributed by atoms with E-state index in [2.05, 4.69) is 58.1 Å². The van der Waals surface area contributed by atoms with Crippen LogP contribution in [0.2, 0.25) is 0 Å². The van der Waals surface area contributed by atoms with E-state index in [1.807, 2.05) is 42.6 Å². The van der Waals surface area contributed by atoms with E-state index >= 15 is 0 Å². The van der Waals surface area contributed by atoms with Crippen LogP contribution in [0.5, 0.6) is 0 Å². The van der Waals surface area contributed by atoms with Gasteiger partial charge in [-0.1, -0.05) is 32.0 Å². The van der Waals surface area contributed by atoms with Gasteiger partial charge in [-0.25, -0.2) is 0 Å². The highest BCUT2D eigenvalue weighted by molar-refractivity contribution is 7.21. The molecule has 1 aromatic carbocycles. The van der Waals surface area contributed by atoms with Crippen LogP contribution in [0.25, 0.3) is 9.75 Å². The minimum Gasteiger partial charge on any atom is -0.326 e. The molecule has 1 fully saturated rings. The number of thiophene rings is 2. The van der Waals surface area contributed by atoms with Crippen LogP contribution < -0.4 is 5.32 Å². The van der Waals surface area contributed by atoms with E-state index in [0.717, 1.165) is 25.3 Å². The number of carbonyl (C=O) groups excluding carboxylic acids is 1. The second kappa shape index (κ2) is 9.24. The van der Waals surface area contributed by atoms with Crippen LogP contribution in [0.3, 0.4) is 0 Å². The van der Waals surface area contributed by atoms with Gasteiger partial charge < -0.3 is 5.32 Å². The third-order valence-corrected chi connectivity index (χ3v) is 7.68. The molecule has 0 atom stereocenters. The molecule has 3 heterocycles. The Hall–Kier alpha value is -1.95. The van der Waals surface area contributed by atoms with E-state index in [1.165, 1.54) is 33.0 Å². The summed E-state index contributed by atoms with van der Waals surface area (Å²) in [6.07, 6.45) is 2.34. The van der Waals surface area contributed by atoms with E-state index < -0.39 is 0 Å². The van der Waals surface area contributed by atoms with Crippen molar-refractivity contribution in [3.8, 4) is 9.75 Å². The number of benzene rings is 1. The number of anilines is 1. The van der Waals surface area contributed by atoms with Crippen molar-refractivity contribution in [2.24, 2.45) is 5.92 Å². The number of hydrogen-bond acceptors (Lipinski definition) is 4. The Kier molecular flexibility index (Phi) is 6.48. The van der Waals surface area contributed by atoms with Crippen LogP contribution in [0, 0.1) is 5.92 Å². The van der Waals surface area contributed by atoms with Crippen molar-refractivity contribution in [3.05, 3.63) is 64.4 Å². The van der Waals surface area contributed by atoms with Gasteiger partial charge in [0.15, 0.2) is 0 Å². The molecule has 1 aliphatic rings. The second-order valence-corrected chi connectivity index (χ2v) is 10.2. The minimum atomic E-state index is -0.000483. The van der Waals surface area contributed by atoms with Gasteiger partial charge in [0.25, 0.3) is 0 Å². The average molecular weight is 425 g/mol. The number of nitrogens with zero attached hydrogens (tertiary/aromatic N) is 1. The lowest BCUT2D eigenvalue weighted by Crippen LogP contribution is -2.32. The zero-order valence-electron chi connectivity index (χ0n) is 17.1. The van der Waals surface area contributed by atoms with Crippen LogP contribution in [-0.4, -0.2) is 23.9 Å².